The highest BCUT2D eigenvalue weighted by Gasteiger charge is 2.12. The molecule has 0 fully saturated rings. The normalized spacial score (nSPS) is 13.6. The molecule has 1 unspecified atom stereocenters. The van der Waals surface area contributed by atoms with Gasteiger partial charge in [0.25, 0.3) is 0 Å². The zero-order valence-electron chi connectivity index (χ0n) is 12.4. The minimum Gasteiger partial charge on any atom is -0.384 e. The average Bonchev–Trinajstić information content (AvgIpc) is 2.45. The van der Waals surface area contributed by atoms with Gasteiger partial charge in [-0.3, -0.25) is 0 Å². The Hall–Kier alpha value is -1.86. The number of aliphatic hydroxyl groups excluding tert-OH is 1. The molecule has 0 saturated carbocycles. The molecule has 0 saturated heterocycles. The molecular formula is C19H22O. The van der Waals surface area contributed by atoms with Crippen molar-refractivity contribution in [3.63, 3.8) is 0 Å². The SMILES string of the molecule is CC(C)(C)c1ccc(C=CC(O)c2ccccc2)cc1. The molecule has 20 heavy (non-hydrogen) atoms. The Kier molecular flexibility index (Phi) is 4.41. The molecule has 2 aromatic rings. The molecule has 1 nitrogen and oxygen atoms in total. The third-order valence-corrected chi connectivity index (χ3v) is 3.39. The summed E-state index contributed by atoms with van der Waals surface area (Å²) in [6, 6.07) is 18.2. The van der Waals surface area contributed by atoms with Gasteiger partial charge in [0.05, 0.1) is 6.10 Å². The molecule has 0 aliphatic carbocycles. The highest BCUT2D eigenvalue weighted by molar-refractivity contribution is 5.51. The molecule has 2 aromatic carbocycles. The summed E-state index contributed by atoms with van der Waals surface area (Å²) in [6.07, 6.45) is 3.23. The van der Waals surface area contributed by atoms with E-state index in [2.05, 4.69) is 45.0 Å². The molecule has 0 radical (unpaired) electrons. The molecule has 0 amide bonds. The molecule has 1 heteroatoms. The lowest BCUT2D eigenvalue weighted by Crippen LogP contribution is -2.10. The van der Waals surface area contributed by atoms with Crippen molar-refractivity contribution in [1.29, 1.82) is 0 Å². The molecule has 2 rings (SSSR count). The van der Waals surface area contributed by atoms with Gasteiger partial charge in [-0.15, -0.1) is 0 Å². The van der Waals surface area contributed by atoms with Gasteiger partial charge in [0.2, 0.25) is 0 Å². The number of rotatable bonds is 3. The summed E-state index contributed by atoms with van der Waals surface area (Å²) in [6.45, 7) is 6.62. The van der Waals surface area contributed by atoms with E-state index < -0.39 is 6.10 Å². The second kappa shape index (κ2) is 6.06. The Morgan fingerprint density at radius 1 is 0.900 bits per heavy atom. The molecule has 104 valence electrons. The van der Waals surface area contributed by atoms with Gasteiger partial charge in [-0.25, -0.2) is 0 Å². The second-order valence-electron chi connectivity index (χ2n) is 6.09. The van der Waals surface area contributed by atoms with Gasteiger partial charge in [-0.1, -0.05) is 87.5 Å². The maximum Gasteiger partial charge on any atom is 0.0975 e. The summed E-state index contributed by atoms with van der Waals surface area (Å²) in [7, 11) is 0. The van der Waals surface area contributed by atoms with Crippen molar-refractivity contribution >= 4 is 6.08 Å². The van der Waals surface area contributed by atoms with Crippen LogP contribution in [-0.2, 0) is 5.41 Å². The van der Waals surface area contributed by atoms with Crippen LogP contribution in [0.3, 0.4) is 0 Å². The monoisotopic (exact) mass is 266 g/mol. The van der Waals surface area contributed by atoms with Crippen molar-refractivity contribution < 1.29 is 5.11 Å². The van der Waals surface area contributed by atoms with Gasteiger partial charge in [-0.05, 0) is 22.1 Å². The van der Waals surface area contributed by atoms with Gasteiger partial charge >= 0.3 is 0 Å². The molecular weight excluding hydrogens is 244 g/mol. The number of aliphatic hydroxyl groups is 1. The Bertz CT molecular complexity index is 559. The lowest BCUT2D eigenvalue weighted by molar-refractivity contribution is 0.229. The standard InChI is InChI=1S/C19H22O/c1-19(2,3)17-12-9-15(10-13-17)11-14-18(20)16-7-5-4-6-8-16/h4-14,18,20H,1-3H3. The van der Waals surface area contributed by atoms with Crippen LogP contribution in [0.15, 0.2) is 60.7 Å². The van der Waals surface area contributed by atoms with Crippen LogP contribution in [0.5, 0.6) is 0 Å². The van der Waals surface area contributed by atoms with Crippen LogP contribution in [0, 0.1) is 0 Å². The number of benzene rings is 2. The van der Waals surface area contributed by atoms with Gasteiger partial charge in [0.1, 0.15) is 0 Å². The van der Waals surface area contributed by atoms with Gasteiger partial charge < -0.3 is 5.11 Å². The number of hydrogen-bond acceptors (Lipinski definition) is 1. The van der Waals surface area contributed by atoms with Crippen molar-refractivity contribution in [3.8, 4) is 0 Å². The molecule has 0 heterocycles. The van der Waals surface area contributed by atoms with Crippen molar-refractivity contribution in [3.05, 3.63) is 77.4 Å². The van der Waals surface area contributed by atoms with E-state index in [1.807, 2.05) is 42.5 Å². The molecule has 1 atom stereocenters. The summed E-state index contributed by atoms with van der Waals surface area (Å²) in [5.41, 5.74) is 3.51. The lowest BCUT2D eigenvalue weighted by Gasteiger charge is -2.18. The fraction of sp³-hybridized carbons (Fsp3) is 0.263. The quantitative estimate of drug-likeness (QED) is 0.851. The third-order valence-electron chi connectivity index (χ3n) is 3.39. The third kappa shape index (κ3) is 3.82. The van der Waals surface area contributed by atoms with Crippen molar-refractivity contribution in [2.24, 2.45) is 0 Å². The van der Waals surface area contributed by atoms with E-state index in [0.717, 1.165) is 11.1 Å². The average molecular weight is 266 g/mol. The van der Waals surface area contributed by atoms with E-state index in [0.29, 0.717) is 0 Å². The molecule has 0 aliphatic heterocycles. The molecule has 0 aliphatic rings. The first kappa shape index (κ1) is 14.5. The van der Waals surface area contributed by atoms with Crippen LogP contribution >= 0.6 is 0 Å². The molecule has 1 N–H and O–H groups in total. The lowest BCUT2D eigenvalue weighted by atomic mass is 9.87. The summed E-state index contributed by atoms with van der Waals surface area (Å²) >= 11 is 0. The Balaban J connectivity index is 2.08. The predicted molar refractivity (Wildman–Crippen MR) is 85.6 cm³/mol. The van der Waals surface area contributed by atoms with Crippen molar-refractivity contribution in [2.75, 3.05) is 0 Å². The fourth-order valence-corrected chi connectivity index (χ4v) is 2.06. The van der Waals surface area contributed by atoms with Crippen LogP contribution in [0.1, 0.15) is 43.6 Å². The molecule has 0 spiro atoms. The van der Waals surface area contributed by atoms with Crippen molar-refractivity contribution in [2.45, 2.75) is 32.3 Å². The van der Waals surface area contributed by atoms with Gasteiger partial charge in [-0.2, -0.15) is 0 Å². The largest absolute Gasteiger partial charge is 0.384 e. The Labute approximate surface area is 121 Å². The highest BCUT2D eigenvalue weighted by Crippen LogP contribution is 2.23. The van der Waals surface area contributed by atoms with Gasteiger partial charge in [0, 0.05) is 0 Å². The van der Waals surface area contributed by atoms with Crippen LogP contribution < -0.4 is 0 Å². The first-order valence-electron chi connectivity index (χ1n) is 6.98. The zero-order valence-corrected chi connectivity index (χ0v) is 12.4. The van der Waals surface area contributed by atoms with E-state index in [1.54, 1.807) is 0 Å². The van der Waals surface area contributed by atoms with E-state index in [-0.39, 0.29) is 5.41 Å². The maximum atomic E-state index is 10.1. The topological polar surface area (TPSA) is 20.2 Å². The number of hydrogen-bond donors (Lipinski definition) is 1. The summed E-state index contributed by atoms with van der Waals surface area (Å²) < 4.78 is 0. The van der Waals surface area contributed by atoms with Crippen LogP contribution in [-0.4, -0.2) is 5.11 Å². The second-order valence-corrected chi connectivity index (χ2v) is 6.09. The highest BCUT2D eigenvalue weighted by atomic mass is 16.3. The zero-order chi connectivity index (χ0) is 14.6. The van der Waals surface area contributed by atoms with Gasteiger partial charge in [0.15, 0.2) is 0 Å². The summed E-state index contributed by atoms with van der Waals surface area (Å²) in [5.74, 6) is 0. The van der Waals surface area contributed by atoms with Crippen LogP contribution in [0.2, 0.25) is 0 Å². The smallest absolute Gasteiger partial charge is 0.0975 e. The summed E-state index contributed by atoms with van der Waals surface area (Å²) in [4.78, 5) is 0. The van der Waals surface area contributed by atoms with Crippen LogP contribution in [0.4, 0.5) is 0 Å². The van der Waals surface area contributed by atoms with E-state index >= 15 is 0 Å². The van der Waals surface area contributed by atoms with Crippen molar-refractivity contribution in [1.82, 2.24) is 0 Å². The molecule has 0 aromatic heterocycles. The summed E-state index contributed by atoms with van der Waals surface area (Å²) in [5, 5.41) is 10.1. The Morgan fingerprint density at radius 2 is 1.50 bits per heavy atom. The van der Waals surface area contributed by atoms with E-state index in [1.165, 1.54) is 5.56 Å². The predicted octanol–water partition coefficient (Wildman–Crippen LogP) is 4.73. The van der Waals surface area contributed by atoms with Crippen LogP contribution in [0.25, 0.3) is 6.08 Å². The fourth-order valence-electron chi connectivity index (χ4n) is 2.06. The first-order chi connectivity index (χ1) is 9.47. The molecule has 0 bridgehead atoms. The van der Waals surface area contributed by atoms with E-state index in [4.69, 9.17) is 0 Å². The Morgan fingerprint density at radius 3 is 2.05 bits per heavy atom. The van der Waals surface area contributed by atoms with E-state index in [9.17, 15) is 5.11 Å². The minimum absolute atomic E-state index is 0.172. The maximum absolute atomic E-state index is 10.1. The minimum atomic E-state index is -0.557. The first-order valence-corrected chi connectivity index (χ1v) is 6.98.